The molecule has 4 fully saturated rings. The summed E-state index contributed by atoms with van der Waals surface area (Å²) in [6.07, 6.45) is 0. The van der Waals surface area contributed by atoms with E-state index in [1.54, 1.807) is 5.70 Å². The molecule has 4 saturated heterocycles. The quantitative estimate of drug-likeness (QED) is 0.306. The lowest BCUT2D eigenvalue weighted by atomic mass is 11.0. The maximum absolute atomic E-state index is 6.78. The number of hydrogen-bond acceptors (Lipinski definition) is 12. The summed E-state index contributed by atoms with van der Waals surface area (Å²) < 4.78 is 79.0. The van der Waals surface area contributed by atoms with Gasteiger partial charge in [0.15, 0.2) is 9.76 Å². The minimum absolute atomic E-state index is 0.287. The fraction of sp³-hybridized carbons (Fsp3) is 0.250. The summed E-state index contributed by atoms with van der Waals surface area (Å²) in [5.74, 6) is 0. The van der Waals surface area contributed by atoms with Crippen LogP contribution in [0.5, 0.6) is 0 Å². The third-order valence-electron chi connectivity index (χ3n) is 5.68. The first kappa shape index (κ1) is 29.9. The largest absolute Gasteiger partial charge is 0.507 e. The van der Waals surface area contributed by atoms with Crippen LogP contribution in [0.3, 0.4) is 0 Å². The van der Waals surface area contributed by atoms with Crippen LogP contribution in [0.1, 0.15) is 13.8 Å². The summed E-state index contributed by atoms with van der Waals surface area (Å²) >= 11 is 0. The van der Waals surface area contributed by atoms with Gasteiger partial charge in [-0.25, -0.2) is 0 Å². The highest BCUT2D eigenvalue weighted by Crippen LogP contribution is 2.45. The first-order chi connectivity index (χ1) is 17.6. The Bertz CT molecular complexity index is 995. The molecule has 4 rings (SSSR count). The molecule has 204 valence electrons. The van der Waals surface area contributed by atoms with Crippen LogP contribution in [-0.4, -0.2) is 81.4 Å². The van der Waals surface area contributed by atoms with Gasteiger partial charge >= 0.3 is 61.6 Å². The van der Waals surface area contributed by atoms with Crippen molar-refractivity contribution >= 4 is 81.4 Å². The molecule has 0 aromatic rings. The van der Waals surface area contributed by atoms with E-state index in [1.165, 1.54) is 28.5 Å². The molecule has 0 spiro atoms. The Morgan fingerprint density at radius 1 is 0.595 bits per heavy atom. The van der Waals surface area contributed by atoms with Crippen molar-refractivity contribution in [3.63, 3.8) is 0 Å². The van der Waals surface area contributed by atoms with Crippen molar-refractivity contribution in [2.45, 2.75) is 25.9 Å². The smallest absolute Gasteiger partial charge is 0.415 e. The lowest BCUT2D eigenvalue weighted by molar-refractivity contribution is 0.0218. The first-order valence-electron chi connectivity index (χ1n) is 11.6. The molecule has 0 aliphatic carbocycles. The predicted molar refractivity (Wildman–Crippen MR) is 153 cm³/mol. The molecule has 21 heteroatoms. The van der Waals surface area contributed by atoms with E-state index >= 15 is 0 Å². The fourth-order valence-electron chi connectivity index (χ4n) is 3.87. The van der Waals surface area contributed by atoms with Gasteiger partial charge in [0.05, 0.1) is 0 Å². The molecule has 6 bridgehead atoms. The zero-order chi connectivity index (χ0) is 27.1. The van der Waals surface area contributed by atoms with Gasteiger partial charge in [-0.3, -0.25) is 0 Å². The van der Waals surface area contributed by atoms with Gasteiger partial charge in [0, 0.05) is 12.1 Å². The Hall–Kier alpha value is -0.0881. The molecule has 0 saturated carbocycles. The van der Waals surface area contributed by atoms with Crippen molar-refractivity contribution < 1.29 is 49.4 Å². The average molecular weight is 669 g/mol. The Morgan fingerprint density at radius 3 is 1.59 bits per heavy atom. The molecular formula is C16H32O12Si9. The monoisotopic (exact) mass is 668 g/mol. The summed E-state index contributed by atoms with van der Waals surface area (Å²) in [5.41, 5.74) is 8.96. The van der Waals surface area contributed by atoms with Crippen LogP contribution >= 0.6 is 0 Å². The molecular weight excluding hydrogens is 637 g/mol. The highest BCUT2D eigenvalue weighted by atomic mass is 28.6. The van der Waals surface area contributed by atoms with E-state index in [-0.39, 0.29) is 6.04 Å². The van der Waals surface area contributed by atoms with Gasteiger partial charge in [-0.15, -0.1) is 39.5 Å². The molecule has 0 amide bonds. The molecule has 7 atom stereocenters. The van der Waals surface area contributed by atoms with Gasteiger partial charge in [0.1, 0.15) is 0 Å². The Kier molecular flexibility index (Phi) is 8.65. The van der Waals surface area contributed by atoms with Crippen LogP contribution in [0.15, 0.2) is 73.7 Å². The molecule has 0 aromatic carbocycles. The van der Waals surface area contributed by atoms with E-state index in [1.807, 2.05) is 13.8 Å². The third-order valence-corrected chi connectivity index (χ3v) is 37.8. The summed E-state index contributed by atoms with van der Waals surface area (Å²) in [4.78, 5) is 0. The number of hydrogen-bond donors (Lipinski definition) is 0. The van der Waals surface area contributed by atoms with Crippen molar-refractivity contribution in [3.8, 4) is 0 Å². The zero-order valence-corrected chi connectivity index (χ0v) is 30.8. The molecule has 0 radical (unpaired) electrons. The zero-order valence-electron chi connectivity index (χ0n) is 20.9. The first-order valence-corrected chi connectivity index (χ1v) is 27.0. The third kappa shape index (κ3) is 5.34. The second-order valence-electron chi connectivity index (χ2n) is 8.04. The van der Waals surface area contributed by atoms with E-state index in [4.69, 9.17) is 49.4 Å². The highest BCUT2D eigenvalue weighted by Gasteiger charge is 2.76. The second-order valence-corrected chi connectivity index (χ2v) is 32.2. The summed E-state index contributed by atoms with van der Waals surface area (Å²) in [5, 5.41) is 0. The van der Waals surface area contributed by atoms with Crippen LogP contribution in [-0.2, 0) is 49.4 Å². The normalized spacial score (nSPS) is 48.2. The molecule has 4 heterocycles. The van der Waals surface area contributed by atoms with Crippen LogP contribution in [0.2, 0.25) is 12.1 Å². The van der Waals surface area contributed by atoms with Gasteiger partial charge in [-0.2, -0.15) is 0 Å². The second kappa shape index (κ2) is 10.7. The highest BCUT2D eigenvalue weighted by molar-refractivity contribution is 7.03. The Labute approximate surface area is 229 Å². The Morgan fingerprint density at radius 2 is 1.11 bits per heavy atom. The lowest BCUT2D eigenvalue weighted by Gasteiger charge is -2.56. The molecule has 12 nitrogen and oxygen atoms in total. The van der Waals surface area contributed by atoms with E-state index < -0.39 is 81.4 Å². The van der Waals surface area contributed by atoms with Gasteiger partial charge in [-0.1, -0.05) is 19.5 Å². The van der Waals surface area contributed by atoms with Crippen molar-refractivity contribution in [1.29, 1.82) is 0 Å². The summed E-state index contributed by atoms with van der Waals surface area (Å²) in [7, 11) is -30.2. The van der Waals surface area contributed by atoms with E-state index in [0.29, 0.717) is 6.04 Å². The fourth-order valence-corrected chi connectivity index (χ4v) is 44.1. The van der Waals surface area contributed by atoms with Crippen molar-refractivity contribution in [2.24, 2.45) is 0 Å². The standard InChI is InChI=1S/C16H32O12Si9/c1-9-29-17-31(10-2)20-34(13-5)22-32(11-3)18-30-19-33(12-4)23-35(14-6,21-31)27-37(16-8,26-34)28-36(15-7,24-32)25-33/h9-11,13,15-16H,1-3,5,7-8,12,14,29-30H2,4,6H3. The van der Waals surface area contributed by atoms with Crippen molar-refractivity contribution in [2.75, 3.05) is 0 Å². The van der Waals surface area contributed by atoms with Gasteiger partial charge in [0.25, 0.3) is 10.0 Å². The topological polar surface area (TPSA) is 111 Å². The maximum atomic E-state index is 6.78. The molecule has 4 aliphatic rings. The lowest BCUT2D eigenvalue weighted by Crippen LogP contribution is -2.82. The van der Waals surface area contributed by atoms with Crippen LogP contribution in [0, 0.1) is 0 Å². The average Bonchev–Trinajstić information content (AvgIpc) is 2.87. The van der Waals surface area contributed by atoms with Crippen molar-refractivity contribution in [3.05, 3.63) is 73.7 Å². The molecule has 37 heavy (non-hydrogen) atoms. The van der Waals surface area contributed by atoms with E-state index in [0.717, 1.165) is 0 Å². The summed E-state index contributed by atoms with van der Waals surface area (Å²) in [6.45, 7) is 27.3. The summed E-state index contributed by atoms with van der Waals surface area (Å²) in [6, 6.07) is 0.639. The van der Waals surface area contributed by atoms with Crippen LogP contribution < -0.4 is 0 Å². The van der Waals surface area contributed by atoms with Gasteiger partial charge in [-0.05, 0) is 28.5 Å². The molecule has 7 unspecified atom stereocenters. The minimum atomic E-state index is -4.06. The molecule has 0 N–H and O–H groups in total. The number of rotatable bonds is 10. The molecule has 4 aliphatic heterocycles. The SMILES string of the molecule is C=C[SiH2]O[Si]1(C=C)O[Si]2(C=C)O[Si]3(C=C)O[SiH2]O[Si]4(CC)O[Si](C=C)(O3)O[Si](C=C)(O2)O[Si](CC)(O1)O4. The van der Waals surface area contributed by atoms with Gasteiger partial charge < -0.3 is 49.4 Å². The van der Waals surface area contributed by atoms with Crippen LogP contribution in [0.4, 0.5) is 0 Å². The maximum Gasteiger partial charge on any atom is 0.507 e. The number of fused-ring (bicyclic) bond motifs is 4. The van der Waals surface area contributed by atoms with E-state index in [9.17, 15) is 0 Å². The van der Waals surface area contributed by atoms with Crippen molar-refractivity contribution in [1.82, 2.24) is 0 Å². The minimum Gasteiger partial charge on any atom is -0.415 e. The molecule has 0 aromatic heterocycles. The van der Waals surface area contributed by atoms with E-state index in [2.05, 4.69) is 39.5 Å². The van der Waals surface area contributed by atoms with Gasteiger partial charge in [0.2, 0.25) is 0 Å². The van der Waals surface area contributed by atoms with Crippen LogP contribution in [0.25, 0.3) is 0 Å². The Balaban J connectivity index is 2.06. The predicted octanol–water partition coefficient (Wildman–Crippen LogP) is 0.704.